The number of anilines is 3. The average Bonchev–Trinajstić information content (AvgIpc) is 3.39. The lowest BCUT2D eigenvalue weighted by molar-refractivity contribution is -0.384. The Balaban J connectivity index is 1.47. The predicted octanol–water partition coefficient (Wildman–Crippen LogP) is 3.32. The van der Waals surface area contributed by atoms with E-state index in [9.17, 15) is 15.2 Å². The number of aliphatic hydroxyl groups is 1. The standard InChI is InChI=1S/C25H25N7O5/c1-36-23-14-21(30-9-11-37-12-10-30)22(32(34)35)13-19(23)27-25-26-8-7-24(28-25)31-15-18(20(16-33)29-31)17-5-3-2-4-6-17/h2-8,13-15,33H,9-12,16H2,1H3,(H,26,27,28). The summed E-state index contributed by atoms with van der Waals surface area (Å²) in [7, 11) is 1.50. The fraction of sp³-hybridized carbons (Fsp3) is 0.240. The molecule has 2 aromatic heterocycles. The van der Waals surface area contributed by atoms with E-state index in [0.29, 0.717) is 54.9 Å². The SMILES string of the molecule is COc1cc(N2CCOCC2)c([N+](=O)[O-])cc1Nc1nccc(-n2cc(-c3ccccc3)c(CO)n2)n1. The van der Waals surface area contributed by atoms with Crippen molar-refractivity contribution in [2.24, 2.45) is 0 Å². The number of aliphatic hydroxyl groups excluding tert-OH is 1. The number of aromatic nitrogens is 4. The van der Waals surface area contributed by atoms with Crippen molar-refractivity contribution in [3.05, 3.63) is 76.7 Å². The Hall–Kier alpha value is -4.55. The summed E-state index contributed by atoms with van der Waals surface area (Å²) in [6.07, 6.45) is 3.34. The summed E-state index contributed by atoms with van der Waals surface area (Å²) in [5, 5.41) is 29.3. The van der Waals surface area contributed by atoms with Crippen molar-refractivity contribution in [2.45, 2.75) is 6.61 Å². The number of nitro benzene ring substituents is 1. The van der Waals surface area contributed by atoms with Crippen LogP contribution in [-0.2, 0) is 11.3 Å². The Kier molecular flexibility index (Phi) is 6.92. The Morgan fingerprint density at radius 2 is 1.97 bits per heavy atom. The lowest BCUT2D eigenvalue weighted by Gasteiger charge is -2.29. The second kappa shape index (κ2) is 10.6. The summed E-state index contributed by atoms with van der Waals surface area (Å²) >= 11 is 0. The maximum absolute atomic E-state index is 11.9. The number of nitrogens with zero attached hydrogens (tertiary/aromatic N) is 6. The highest BCUT2D eigenvalue weighted by molar-refractivity contribution is 5.77. The van der Waals surface area contributed by atoms with Gasteiger partial charge in [0.25, 0.3) is 5.69 Å². The van der Waals surface area contributed by atoms with Crippen molar-refractivity contribution in [1.82, 2.24) is 19.7 Å². The van der Waals surface area contributed by atoms with Crippen molar-refractivity contribution < 1.29 is 19.5 Å². The van der Waals surface area contributed by atoms with Gasteiger partial charge in [-0.1, -0.05) is 30.3 Å². The van der Waals surface area contributed by atoms with Gasteiger partial charge in [0.2, 0.25) is 5.95 Å². The summed E-state index contributed by atoms with van der Waals surface area (Å²) in [5.74, 6) is 1.06. The second-order valence-corrected chi connectivity index (χ2v) is 8.22. The number of nitrogens with one attached hydrogen (secondary N) is 1. The van der Waals surface area contributed by atoms with Crippen LogP contribution in [0.1, 0.15) is 5.69 Å². The number of hydrogen-bond donors (Lipinski definition) is 2. The molecule has 1 aliphatic rings. The Morgan fingerprint density at radius 1 is 1.19 bits per heavy atom. The first-order valence-electron chi connectivity index (χ1n) is 11.6. The highest BCUT2D eigenvalue weighted by Crippen LogP contribution is 2.39. The molecule has 0 atom stereocenters. The lowest BCUT2D eigenvalue weighted by atomic mass is 10.1. The molecule has 1 fully saturated rings. The topological polar surface area (TPSA) is 141 Å². The Labute approximate surface area is 212 Å². The molecule has 1 saturated heterocycles. The molecular formula is C25H25N7O5. The number of hydrogen-bond acceptors (Lipinski definition) is 10. The van der Waals surface area contributed by atoms with Gasteiger partial charge in [0, 0.05) is 49.2 Å². The number of morpholine rings is 1. The van der Waals surface area contributed by atoms with E-state index in [0.717, 1.165) is 11.1 Å². The van der Waals surface area contributed by atoms with Gasteiger partial charge >= 0.3 is 0 Å². The molecule has 0 radical (unpaired) electrons. The van der Waals surface area contributed by atoms with Crippen LogP contribution >= 0.6 is 0 Å². The van der Waals surface area contributed by atoms with E-state index in [1.165, 1.54) is 13.2 Å². The summed E-state index contributed by atoms with van der Waals surface area (Å²) in [4.78, 5) is 22.2. The van der Waals surface area contributed by atoms with Gasteiger partial charge in [-0.25, -0.2) is 9.67 Å². The normalized spacial score (nSPS) is 13.4. The van der Waals surface area contributed by atoms with E-state index in [1.807, 2.05) is 35.2 Å². The van der Waals surface area contributed by atoms with Gasteiger partial charge < -0.3 is 24.8 Å². The number of rotatable bonds is 8. The minimum Gasteiger partial charge on any atom is -0.494 e. The first-order chi connectivity index (χ1) is 18.1. The molecule has 37 heavy (non-hydrogen) atoms. The molecule has 1 aliphatic heterocycles. The number of methoxy groups -OCH3 is 1. The molecule has 12 heteroatoms. The van der Waals surface area contributed by atoms with Gasteiger partial charge in [-0.3, -0.25) is 10.1 Å². The molecule has 2 aromatic carbocycles. The minimum atomic E-state index is -0.419. The van der Waals surface area contributed by atoms with Gasteiger partial charge in [0.15, 0.2) is 5.82 Å². The zero-order chi connectivity index (χ0) is 25.8. The van der Waals surface area contributed by atoms with E-state index in [-0.39, 0.29) is 18.2 Å². The molecule has 4 aromatic rings. The van der Waals surface area contributed by atoms with E-state index >= 15 is 0 Å². The third-order valence-electron chi connectivity index (χ3n) is 5.99. The van der Waals surface area contributed by atoms with Crippen LogP contribution in [0.3, 0.4) is 0 Å². The van der Waals surface area contributed by atoms with Crippen LogP contribution in [0.4, 0.5) is 23.0 Å². The summed E-state index contributed by atoms with van der Waals surface area (Å²) in [6.45, 7) is 1.86. The van der Waals surface area contributed by atoms with Crippen LogP contribution in [0.2, 0.25) is 0 Å². The third kappa shape index (κ3) is 5.06. The fourth-order valence-corrected chi connectivity index (χ4v) is 4.19. The highest BCUT2D eigenvalue weighted by Gasteiger charge is 2.25. The molecule has 0 amide bonds. The molecule has 0 unspecified atom stereocenters. The molecule has 190 valence electrons. The smallest absolute Gasteiger partial charge is 0.294 e. The van der Waals surface area contributed by atoms with Crippen LogP contribution in [0, 0.1) is 10.1 Å². The first-order valence-corrected chi connectivity index (χ1v) is 11.6. The average molecular weight is 504 g/mol. The number of ether oxygens (including phenoxy) is 2. The second-order valence-electron chi connectivity index (χ2n) is 8.22. The van der Waals surface area contributed by atoms with Gasteiger partial charge in [-0.15, -0.1) is 0 Å². The van der Waals surface area contributed by atoms with Crippen molar-refractivity contribution in [1.29, 1.82) is 0 Å². The Morgan fingerprint density at radius 3 is 2.68 bits per heavy atom. The van der Waals surface area contributed by atoms with E-state index in [1.54, 1.807) is 29.2 Å². The maximum atomic E-state index is 11.9. The van der Waals surface area contributed by atoms with Gasteiger partial charge in [-0.2, -0.15) is 10.1 Å². The summed E-state index contributed by atoms with van der Waals surface area (Å²) in [6, 6.07) is 14.4. The van der Waals surface area contributed by atoms with Crippen molar-refractivity contribution in [3.8, 4) is 22.7 Å². The largest absolute Gasteiger partial charge is 0.494 e. The molecule has 0 aliphatic carbocycles. The van der Waals surface area contributed by atoms with Crippen LogP contribution < -0.4 is 15.0 Å². The van der Waals surface area contributed by atoms with Crippen LogP contribution in [-0.4, -0.2) is 63.2 Å². The van der Waals surface area contributed by atoms with E-state index in [2.05, 4.69) is 20.4 Å². The van der Waals surface area contributed by atoms with E-state index < -0.39 is 4.92 Å². The highest BCUT2D eigenvalue weighted by atomic mass is 16.6. The molecule has 0 spiro atoms. The quantitative estimate of drug-likeness (QED) is 0.272. The van der Waals surface area contributed by atoms with Crippen LogP contribution in [0.5, 0.6) is 5.75 Å². The van der Waals surface area contributed by atoms with Crippen molar-refractivity contribution >= 4 is 23.0 Å². The van der Waals surface area contributed by atoms with E-state index in [4.69, 9.17) is 9.47 Å². The Bertz CT molecular complexity index is 1400. The number of benzene rings is 2. The monoisotopic (exact) mass is 503 g/mol. The number of nitro groups is 1. The van der Waals surface area contributed by atoms with Gasteiger partial charge in [0.05, 0.1) is 43.2 Å². The zero-order valence-corrected chi connectivity index (χ0v) is 20.1. The third-order valence-corrected chi connectivity index (χ3v) is 5.99. The molecule has 0 bridgehead atoms. The molecular weight excluding hydrogens is 478 g/mol. The fourth-order valence-electron chi connectivity index (χ4n) is 4.19. The lowest BCUT2D eigenvalue weighted by Crippen LogP contribution is -2.36. The predicted molar refractivity (Wildman–Crippen MR) is 136 cm³/mol. The maximum Gasteiger partial charge on any atom is 0.294 e. The van der Waals surface area contributed by atoms with Crippen molar-refractivity contribution in [3.63, 3.8) is 0 Å². The van der Waals surface area contributed by atoms with Crippen molar-refractivity contribution in [2.75, 3.05) is 43.6 Å². The molecule has 0 saturated carbocycles. The summed E-state index contributed by atoms with van der Waals surface area (Å²) < 4.78 is 12.5. The van der Waals surface area contributed by atoms with Crippen LogP contribution in [0.15, 0.2) is 60.9 Å². The molecule has 5 rings (SSSR count). The van der Waals surface area contributed by atoms with Gasteiger partial charge in [0.1, 0.15) is 11.4 Å². The first kappa shape index (κ1) is 24.2. The molecule has 2 N–H and O–H groups in total. The zero-order valence-electron chi connectivity index (χ0n) is 20.1. The summed E-state index contributed by atoms with van der Waals surface area (Å²) in [5.41, 5.74) is 2.97. The molecule has 3 heterocycles. The minimum absolute atomic E-state index is 0.0616. The van der Waals surface area contributed by atoms with Gasteiger partial charge in [-0.05, 0) is 5.56 Å². The van der Waals surface area contributed by atoms with Crippen LogP contribution in [0.25, 0.3) is 16.9 Å². The molecule has 12 nitrogen and oxygen atoms in total.